The number of hydrogen-bond acceptors (Lipinski definition) is 4. The van der Waals surface area contributed by atoms with Gasteiger partial charge in [0.25, 0.3) is 0 Å². The number of anilines is 1. The maximum absolute atomic E-state index is 5.75. The van der Waals surface area contributed by atoms with Gasteiger partial charge in [-0.15, -0.1) is 0 Å². The summed E-state index contributed by atoms with van der Waals surface area (Å²) in [4.78, 5) is 4.05. The van der Waals surface area contributed by atoms with Crippen LogP contribution in [0.4, 0.5) is 5.82 Å². The third kappa shape index (κ3) is 2.21. The van der Waals surface area contributed by atoms with Gasteiger partial charge in [-0.25, -0.2) is 4.98 Å². The van der Waals surface area contributed by atoms with E-state index in [2.05, 4.69) is 10.3 Å². The number of nitrogens with zero attached hydrogens (tertiary/aromatic N) is 1. The fourth-order valence-corrected chi connectivity index (χ4v) is 1.62. The van der Waals surface area contributed by atoms with E-state index in [9.17, 15) is 0 Å². The highest BCUT2D eigenvalue weighted by molar-refractivity contribution is 5.38. The van der Waals surface area contributed by atoms with E-state index in [1.165, 1.54) is 0 Å². The standard InChI is InChI=1S/C10H15N3O/c11-10-8(2-1-3-13-10)6-9-7-12-4-5-14-9/h1-3,9,12H,4-7H2,(H2,11,13). The minimum atomic E-state index is 0.232. The minimum absolute atomic E-state index is 0.232. The lowest BCUT2D eigenvalue weighted by atomic mass is 10.1. The first-order valence-electron chi connectivity index (χ1n) is 4.88. The quantitative estimate of drug-likeness (QED) is 0.704. The van der Waals surface area contributed by atoms with E-state index in [0.29, 0.717) is 5.82 Å². The van der Waals surface area contributed by atoms with Crippen LogP contribution in [0.1, 0.15) is 5.56 Å². The normalized spacial score (nSPS) is 22.1. The van der Waals surface area contributed by atoms with Gasteiger partial charge in [0.1, 0.15) is 5.82 Å². The van der Waals surface area contributed by atoms with Crippen molar-refractivity contribution >= 4 is 5.82 Å². The smallest absolute Gasteiger partial charge is 0.126 e. The zero-order chi connectivity index (χ0) is 9.80. The molecule has 1 aromatic rings. The molecule has 1 saturated heterocycles. The largest absolute Gasteiger partial charge is 0.383 e. The van der Waals surface area contributed by atoms with Gasteiger partial charge in [0.2, 0.25) is 0 Å². The van der Waals surface area contributed by atoms with Gasteiger partial charge in [0, 0.05) is 25.7 Å². The lowest BCUT2D eigenvalue weighted by Gasteiger charge is -2.23. The average molecular weight is 193 g/mol. The summed E-state index contributed by atoms with van der Waals surface area (Å²) in [6, 6.07) is 3.91. The molecule has 0 spiro atoms. The summed E-state index contributed by atoms with van der Waals surface area (Å²) in [6.07, 6.45) is 2.78. The summed E-state index contributed by atoms with van der Waals surface area (Å²) in [5.41, 5.74) is 6.82. The molecule has 1 fully saturated rings. The molecule has 4 nitrogen and oxygen atoms in total. The van der Waals surface area contributed by atoms with Crippen LogP contribution in [0.2, 0.25) is 0 Å². The molecule has 0 aromatic carbocycles. The van der Waals surface area contributed by atoms with Crippen molar-refractivity contribution in [2.75, 3.05) is 25.4 Å². The molecule has 1 aromatic heterocycles. The zero-order valence-corrected chi connectivity index (χ0v) is 8.07. The van der Waals surface area contributed by atoms with Crippen LogP contribution in [0.5, 0.6) is 0 Å². The number of morpholine rings is 1. The molecule has 0 bridgehead atoms. The van der Waals surface area contributed by atoms with Gasteiger partial charge in [0.15, 0.2) is 0 Å². The maximum atomic E-state index is 5.75. The van der Waals surface area contributed by atoms with Crippen LogP contribution >= 0.6 is 0 Å². The Bertz CT molecular complexity index is 297. The molecule has 0 saturated carbocycles. The van der Waals surface area contributed by atoms with Gasteiger partial charge in [-0.2, -0.15) is 0 Å². The van der Waals surface area contributed by atoms with Gasteiger partial charge in [-0.1, -0.05) is 6.07 Å². The van der Waals surface area contributed by atoms with Crippen LogP contribution in [-0.4, -0.2) is 30.8 Å². The zero-order valence-electron chi connectivity index (χ0n) is 8.07. The van der Waals surface area contributed by atoms with E-state index in [0.717, 1.165) is 31.7 Å². The topological polar surface area (TPSA) is 60.2 Å². The molecule has 0 radical (unpaired) electrons. The maximum Gasteiger partial charge on any atom is 0.126 e. The summed E-state index contributed by atoms with van der Waals surface area (Å²) in [5.74, 6) is 0.613. The number of aromatic nitrogens is 1. The van der Waals surface area contributed by atoms with Crippen molar-refractivity contribution in [3.63, 3.8) is 0 Å². The van der Waals surface area contributed by atoms with E-state index in [1.807, 2.05) is 12.1 Å². The molecule has 76 valence electrons. The second-order valence-corrected chi connectivity index (χ2v) is 3.45. The lowest BCUT2D eigenvalue weighted by Crippen LogP contribution is -2.39. The average Bonchev–Trinajstić information content (AvgIpc) is 2.23. The minimum Gasteiger partial charge on any atom is -0.383 e. The number of pyridine rings is 1. The Kier molecular flexibility index (Phi) is 2.96. The molecule has 2 rings (SSSR count). The summed E-state index contributed by atoms with van der Waals surface area (Å²) >= 11 is 0. The number of nitrogens with two attached hydrogens (primary N) is 1. The number of nitrogens with one attached hydrogen (secondary N) is 1. The highest BCUT2D eigenvalue weighted by Crippen LogP contribution is 2.12. The van der Waals surface area contributed by atoms with E-state index in [-0.39, 0.29) is 6.10 Å². The van der Waals surface area contributed by atoms with Crippen LogP contribution in [0.15, 0.2) is 18.3 Å². The Balaban J connectivity index is 1.99. The van der Waals surface area contributed by atoms with Crippen molar-refractivity contribution in [1.29, 1.82) is 0 Å². The fourth-order valence-electron chi connectivity index (χ4n) is 1.62. The third-order valence-corrected chi connectivity index (χ3v) is 2.38. The Morgan fingerprint density at radius 1 is 1.64 bits per heavy atom. The second kappa shape index (κ2) is 4.39. The third-order valence-electron chi connectivity index (χ3n) is 2.38. The Labute approximate surface area is 83.5 Å². The van der Waals surface area contributed by atoms with Crippen LogP contribution in [0.25, 0.3) is 0 Å². The van der Waals surface area contributed by atoms with Gasteiger partial charge >= 0.3 is 0 Å². The molecule has 1 unspecified atom stereocenters. The number of rotatable bonds is 2. The monoisotopic (exact) mass is 193 g/mol. The molecule has 0 amide bonds. The molecule has 1 aliphatic rings. The van der Waals surface area contributed by atoms with Crippen LogP contribution < -0.4 is 11.1 Å². The van der Waals surface area contributed by atoms with Crippen molar-refractivity contribution in [3.05, 3.63) is 23.9 Å². The first-order chi connectivity index (χ1) is 6.86. The van der Waals surface area contributed by atoms with Crippen molar-refractivity contribution in [2.24, 2.45) is 0 Å². The lowest BCUT2D eigenvalue weighted by molar-refractivity contribution is 0.0293. The fraction of sp³-hybridized carbons (Fsp3) is 0.500. The number of ether oxygens (including phenoxy) is 1. The second-order valence-electron chi connectivity index (χ2n) is 3.45. The highest BCUT2D eigenvalue weighted by Gasteiger charge is 2.14. The Morgan fingerprint density at radius 2 is 2.57 bits per heavy atom. The summed E-state index contributed by atoms with van der Waals surface area (Å²) in [5, 5.41) is 3.29. The van der Waals surface area contributed by atoms with Gasteiger partial charge in [-0.3, -0.25) is 0 Å². The Morgan fingerprint density at radius 3 is 3.29 bits per heavy atom. The first-order valence-corrected chi connectivity index (χ1v) is 4.88. The van der Waals surface area contributed by atoms with Crippen LogP contribution in [0, 0.1) is 0 Å². The van der Waals surface area contributed by atoms with Gasteiger partial charge in [0.05, 0.1) is 12.7 Å². The Hall–Kier alpha value is -1.13. The van der Waals surface area contributed by atoms with E-state index < -0.39 is 0 Å². The number of nitrogen functional groups attached to an aromatic ring is 1. The van der Waals surface area contributed by atoms with Crippen molar-refractivity contribution in [1.82, 2.24) is 10.3 Å². The molecular formula is C10H15N3O. The van der Waals surface area contributed by atoms with Gasteiger partial charge in [-0.05, 0) is 11.6 Å². The van der Waals surface area contributed by atoms with Gasteiger partial charge < -0.3 is 15.8 Å². The molecule has 1 atom stereocenters. The predicted octanol–water partition coefficient (Wildman–Crippen LogP) is 0.195. The van der Waals surface area contributed by atoms with E-state index in [4.69, 9.17) is 10.5 Å². The molecule has 0 aliphatic carbocycles. The molecule has 4 heteroatoms. The molecular weight excluding hydrogens is 178 g/mol. The van der Waals surface area contributed by atoms with Crippen molar-refractivity contribution in [2.45, 2.75) is 12.5 Å². The van der Waals surface area contributed by atoms with E-state index in [1.54, 1.807) is 6.20 Å². The van der Waals surface area contributed by atoms with Crippen molar-refractivity contribution in [3.8, 4) is 0 Å². The predicted molar refractivity (Wildman–Crippen MR) is 55.0 cm³/mol. The molecule has 1 aliphatic heterocycles. The molecule has 2 heterocycles. The van der Waals surface area contributed by atoms with Crippen molar-refractivity contribution < 1.29 is 4.74 Å². The van der Waals surface area contributed by atoms with Crippen LogP contribution in [0.3, 0.4) is 0 Å². The molecule has 14 heavy (non-hydrogen) atoms. The summed E-state index contributed by atoms with van der Waals surface area (Å²) < 4.78 is 5.59. The first kappa shape index (κ1) is 9.43. The molecule has 3 N–H and O–H groups in total. The van der Waals surface area contributed by atoms with E-state index >= 15 is 0 Å². The summed E-state index contributed by atoms with van der Waals surface area (Å²) in [7, 11) is 0. The summed E-state index contributed by atoms with van der Waals surface area (Å²) in [6.45, 7) is 2.62. The number of hydrogen-bond donors (Lipinski definition) is 2. The van der Waals surface area contributed by atoms with Crippen LogP contribution in [-0.2, 0) is 11.2 Å². The highest BCUT2D eigenvalue weighted by atomic mass is 16.5. The SMILES string of the molecule is Nc1ncccc1CC1CNCCO1.